The van der Waals surface area contributed by atoms with Crippen LogP contribution in [0, 0.1) is 5.92 Å². The third-order valence-electron chi connectivity index (χ3n) is 7.04. The summed E-state index contributed by atoms with van der Waals surface area (Å²) in [6, 6.07) is 17.5. The molecule has 0 spiro atoms. The lowest BCUT2D eigenvalue weighted by atomic mass is 9.58. The predicted octanol–water partition coefficient (Wildman–Crippen LogP) is 4.34. The molecule has 5 nitrogen and oxygen atoms in total. The normalized spacial score (nSPS) is 25.4. The average Bonchev–Trinajstić information content (AvgIpc) is 2.79. The van der Waals surface area contributed by atoms with Gasteiger partial charge in [0.1, 0.15) is 5.75 Å². The van der Waals surface area contributed by atoms with Crippen molar-refractivity contribution in [1.82, 2.24) is 10.2 Å². The first-order valence-electron chi connectivity index (χ1n) is 11.5. The van der Waals surface area contributed by atoms with Crippen molar-refractivity contribution in [2.45, 2.75) is 44.1 Å². The number of carbonyl (C=O) groups excluding carboxylic acids is 2. The van der Waals surface area contributed by atoms with Gasteiger partial charge in [0.25, 0.3) is 5.91 Å². The van der Waals surface area contributed by atoms with E-state index in [1.165, 1.54) is 12.5 Å². The van der Waals surface area contributed by atoms with E-state index in [0.717, 1.165) is 45.3 Å². The Bertz CT molecular complexity index is 974. The first kappa shape index (κ1) is 22.3. The molecule has 1 amide bonds. The van der Waals surface area contributed by atoms with Crippen LogP contribution in [0.4, 0.5) is 0 Å². The number of carbonyl (C=O) groups is 2. The van der Waals surface area contributed by atoms with Crippen molar-refractivity contribution in [3.05, 3.63) is 78.4 Å². The number of nitrogens with zero attached hydrogens (tertiary/aromatic N) is 1. The molecule has 0 radical (unpaired) electrons. The summed E-state index contributed by atoms with van der Waals surface area (Å²) in [6.07, 6.45) is 5.89. The van der Waals surface area contributed by atoms with Crippen LogP contribution in [0.1, 0.15) is 48.5 Å². The van der Waals surface area contributed by atoms with Gasteiger partial charge in [0.05, 0.1) is 0 Å². The molecule has 1 aliphatic carbocycles. The van der Waals surface area contributed by atoms with Gasteiger partial charge in [0, 0.05) is 37.0 Å². The van der Waals surface area contributed by atoms with Gasteiger partial charge in [-0.15, -0.1) is 6.58 Å². The molecule has 2 aromatic rings. The van der Waals surface area contributed by atoms with Gasteiger partial charge in [0.2, 0.25) is 0 Å². The summed E-state index contributed by atoms with van der Waals surface area (Å²) in [5, 5.41) is 3.29. The maximum absolute atomic E-state index is 12.8. The van der Waals surface area contributed by atoms with Gasteiger partial charge in [-0.2, -0.15) is 0 Å². The van der Waals surface area contributed by atoms with Crippen LogP contribution in [0.25, 0.3) is 0 Å². The van der Waals surface area contributed by atoms with Crippen molar-refractivity contribution in [2.24, 2.45) is 5.92 Å². The maximum atomic E-state index is 12.8. The number of amides is 1. The summed E-state index contributed by atoms with van der Waals surface area (Å²) in [5.74, 6) is 0.747. The summed E-state index contributed by atoms with van der Waals surface area (Å²) in [6.45, 7) is 8.24. The van der Waals surface area contributed by atoms with Gasteiger partial charge in [-0.25, -0.2) is 0 Å². The molecule has 5 heteroatoms. The van der Waals surface area contributed by atoms with Crippen LogP contribution in [0.3, 0.4) is 0 Å². The molecule has 2 aromatic carbocycles. The summed E-state index contributed by atoms with van der Waals surface area (Å²) in [7, 11) is 0. The topological polar surface area (TPSA) is 58.6 Å². The third kappa shape index (κ3) is 4.78. The molecule has 0 aromatic heterocycles. The fourth-order valence-corrected chi connectivity index (χ4v) is 5.58. The Morgan fingerprint density at radius 3 is 2.75 bits per heavy atom. The molecular formula is C27H32N2O3. The third-order valence-corrected chi connectivity index (χ3v) is 7.04. The summed E-state index contributed by atoms with van der Waals surface area (Å²) >= 11 is 0. The van der Waals surface area contributed by atoms with E-state index in [9.17, 15) is 9.59 Å². The highest BCUT2D eigenvalue weighted by Crippen LogP contribution is 2.49. The van der Waals surface area contributed by atoms with E-state index in [2.05, 4.69) is 22.9 Å². The van der Waals surface area contributed by atoms with Crippen LogP contribution in [0.5, 0.6) is 5.75 Å². The minimum absolute atomic E-state index is 0.0121. The van der Waals surface area contributed by atoms with Crippen LogP contribution in [-0.4, -0.2) is 42.5 Å². The molecule has 2 fully saturated rings. The van der Waals surface area contributed by atoms with Crippen LogP contribution in [-0.2, 0) is 10.2 Å². The second-order valence-electron chi connectivity index (χ2n) is 9.09. The summed E-state index contributed by atoms with van der Waals surface area (Å²) in [4.78, 5) is 26.8. The highest BCUT2D eigenvalue weighted by atomic mass is 16.5. The molecule has 4 rings (SSSR count). The highest BCUT2D eigenvalue weighted by Gasteiger charge is 2.48. The van der Waals surface area contributed by atoms with E-state index in [-0.39, 0.29) is 23.3 Å². The molecule has 168 valence electrons. The van der Waals surface area contributed by atoms with Gasteiger partial charge >= 0.3 is 5.97 Å². The molecule has 0 bridgehead atoms. The number of rotatable bonds is 6. The van der Waals surface area contributed by atoms with E-state index in [0.29, 0.717) is 17.2 Å². The van der Waals surface area contributed by atoms with Crippen molar-refractivity contribution in [3.8, 4) is 5.75 Å². The zero-order chi connectivity index (χ0) is 22.6. The minimum atomic E-state index is -0.311. The lowest BCUT2D eigenvalue weighted by molar-refractivity contribution is -0.131. The Kier molecular flexibility index (Phi) is 6.75. The second-order valence-corrected chi connectivity index (χ2v) is 9.09. The number of fused-ring (bicyclic) bond motifs is 1. The SMILES string of the molecule is C=CCN1CCC2(c3cccc(OC(C)=O)c3)C[C@H](NC(=O)c3ccccc3)CCC2C1. The van der Waals surface area contributed by atoms with Crippen LogP contribution >= 0.6 is 0 Å². The van der Waals surface area contributed by atoms with E-state index >= 15 is 0 Å². The molecular weight excluding hydrogens is 400 g/mol. The van der Waals surface area contributed by atoms with E-state index in [4.69, 9.17) is 4.74 Å². The number of esters is 1. The molecule has 32 heavy (non-hydrogen) atoms. The smallest absolute Gasteiger partial charge is 0.308 e. The van der Waals surface area contributed by atoms with Crippen LogP contribution in [0.15, 0.2) is 67.3 Å². The van der Waals surface area contributed by atoms with Crippen LogP contribution < -0.4 is 10.1 Å². The Labute approximate surface area is 190 Å². The van der Waals surface area contributed by atoms with Gasteiger partial charge in [-0.05, 0) is 68.0 Å². The quantitative estimate of drug-likeness (QED) is 0.419. The zero-order valence-electron chi connectivity index (χ0n) is 18.8. The molecule has 3 atom stereocenters. The van der Waals surface area contributed by atoms with Gasteiger partial charge in [-0.3, -0.25) is 14.5 Å². The molecule has 1 N–H and O–H groups in total. The van der Waals surface area contributed by atoms with Crippen LogP contribution in [0.2, 0.25) is 0 Å². The minimum Gasteiger partial charge on any atom is -0.427 e. The van der Waals surface area contributed by atoms with Crippen molar-refractivity contribution in [3.63, 3.8) is 0 Å². The molecule has 1 heterocycles. The lowest BCUT2D eigenvalue weighted by Crippen LogP contribution is -2.56. The monoisotopic (exact) mass is 432 g/mol. The molecule has 1 saturated heterocycles. The number of hydrogen-bond donors (Lipinski definition) is 1. The van der Waals surface area contributed by atoms with Gasteiger partial charge in [0.15, 0.2) is 0 Å². The van der Waals surface area contributed by atoms with Crippen molar-refractivity contribution < 1.29 is 14.3 Å². The predicted molar refractivity (Wildman–Crippen MR) is 126 cm³/mol. The molecule has 1 saturated carbocycles. The van der Waals surface area contributed by atoms with E-state index in [1.807, 2.05) is 54.6 Å². The summed E-state index contributed by atoms with van der Waals surface area (Å²) in [5.41, 5.74) is 1.85. The number of piperidine rings is 1. The van der Waals surface area contributed by atoms with Gasteiger partial charge in [-0.1, -0.05) is 36.4 Å². The van der Waals surface area contributed by atoms with Gasteiger partial charge < -0.3 is 10.1 Å². The lowest BCUT2D eigenvalue weighted by Gasteiger charge is -2.53. The number of benzene rings is 2. The zero-order valence-corrected chi connectivity index (χ0v) is 18.8. The number of hydrogen-bond acceptors (Lipinski definition) is 4. The number of likely N-dealkylation sites (tertiary alicyclic amines) is 1. The second kappa shape index (κ2) is 9.70. The summed E-state index contributed by atoms with van der Waals surface area (Å²) < 4.78 is 5.40. The highest BCUT2D eigenvalue weighted by molar-refractivity contribution is 5.94. The maximum Gasteiger partial charge on any atom is 0.308 e. The van der Waals surface area contributed by atoms with E-state index in [1.54, 1.807) is 0 Å². The number of ether oxygens (including phenoxy) is 1. The molecule has 1 aliphatic heterocycles. The Morgan fingerprint density at radius 2 is 2.00 bits per heavy atom. The first-order chi connectivity index (χ1) is 15.5. The fraction of sp³-hybridized carbons (Fsp3) is 0.407. The Hall–Kier alpha value is -2.92. The van der Waals surface area contributed by atoms with E-state index < -0.39 is 0 Å². The first-order valence-corrected chi connectivity index (χ1v) is 11.5. The average molecular weight is 433 g/mol. The number of nitrogens with one attached hydrogen (secondary N) is 1. The van der Waals surface area contributed by atoms with Crippen molar-refractivity contribution in [2.75, 3.05) is 19.6 Å². The molecule has 2 aliphatic rings. The standard InChI is InChI=1S/C27H32N2O3/c1-3-15-29-16-14-27(22-10-7-11-25(17-22)32-20(2)30)18-24(13-12-23(27)19-29)28-26(31)21-8-5-4-6-9-21/h3-11,17,23-24H,1,12-16,18-19H2,2H3,(H,28,31)/t23?,24-,27?/m1/s1. The Balaban J connectivity index is 1.60. The fourth-order valence-electron chi connectivity index (χ4n) is 5.58. The van der Waals surface area contributed by atoms with Crippen molar-refractivity contribution in [1.29, 1.82) is 0 Å². The molecule has 2 unspecified atom stereocenters. The largest absolute Gasteiger partial charge is 0.427 e. The van der Waals surface area contributed by atoms with Crippen molar-refractivity contribution >= 4 is 11.9 Å². The Morgan fingerprint density at radius 1 is 1.19 bits per heavy atom.